The summed E-state index contributed by atoms with van der Waals surface area (Å²) < 4.78 is 5.04. The summed E-state index contributed by atoms with van der Waals surface area (Å²) in [7, 11) is 0. The normalized spacial score (nSPS) is 26.0. The molecule has 2 bridgehead atoms. The number of nitro groups is 1. The standard InChI is InChI=1S/C26H18N2O6/c1-14(29)34-16-12-10-15(11-13-16)27-24(30)22-21-17-6-2-4-8-19(17)26(28(32)33,23(22)25(27)31)20-9-5-3-7-18(20)21/h2-13,21-23H,1H3/t21?,22-,23-,26?/m0/s1. The molecule has 0 aromatic heterocycles. The molecular weight excluding hydrogens is 436 g/mol. The Bertz CT molecular complexity index is 1370. The molecule has 8 nitrogen and oxygen atoms in total. The first-order valence-electron chi connectivity index (χ1n) is 10.9. The molecule has 0 unspecified atom stereocenters. The van der Waals surface area contributed by atoms with Gasteiger partial charge in [-0.2, -0.15) is 0 Å². The largest absolute Gasteiger partial charge is 0.427 e. The van der Waals surface area contributed by atoms with Gasteiger partial charge in [0.2, 0.25) is 11.8 Å². The van der Waals surface area contributed by atoms with Crippen LogP contribution in [-0.4, -0.2) is 22.7 Å². The molecule has 0 saturated carbocycles. The van der Waals surface area contributed by atoms with E-state index in [0.29, 0.717) is 22.3 Å². The Hall–Kier alpha value is -4.33. The Morgan fingerprint density at radius 3 is 2.00 bits per heavy atom. The average Bonchev–Trinajstić information content (AvgIpc) is 3.10. The van der Waals surface area contributed by atoms with Crippen molar-refractivity contribution in [1.82, 2.24) is 0 Å². The van der Waals surface area contributed by atoms with Crippen LogP contribution in [0.2, 0.25) is 0 Å². The molecule has 34 heavy (non-hydrogen) atoms. The van der Waals surface area contributed by atoms with Crippen LogP contribution in [0.3, 0.4) is 0 Å². The maximum Gasteiger partial charge on any atom is 0.308 e. The van der Waals surface area contributed by atoms with E-state index in [1.54, 1.807) is 36.4 Å². The maximum atomic E-state index is 13.8. The minimum absolute atomic E-state index is 0.273. The number of nitrogens with zero attached hydrogens (tertiary/aromatic N) is 2. The summed E-state index contributed by atoms with van der Waals surface area (Å²) in [5, 5.41) is 12.9. The van der Waals surface area contributed by atoms with Gasteiger partial charge in [0.15, 0.2) is 0 Å². The van der Waals surface area contributed by atoms with Crippen LogP contribution in [0.1, 0.15) is 35.1 Å². The van der Waals surface area contributed by atoms with E-state index in [9.17, 15) is 24.5 Å². The Morgan fingerprint density at radius 2 is 1.47 bits per heavy atom. The maximum absolute atomic E-state index is 13.8. The predicted molar refractivity (Wildman–Crippen MR) is 120 cm³/mol. The lowest BCUT2D eigenvalue weighted by Crippen LogP contribution is -2.57. The van der Waals surface area contributed by atoms with Gasteiger partial charge < -0.3 is 4.74 Å². The molecule has 168 valence electrons. The number of esters is 1. The summed E-state index contributed by atoms with van der Waals surface area (Å²) in [6.07, 6.45) is 0. The molecule has 3 aromatic rings. The molecule has 1 aliphatic heterocycles. The number of carbonyl (C=O) groups excluding carboxylic acids is 3. The summed E-state index contributed by atoms with van der Waals surface area (Å²) in [5.41, 5.74) is 0.800. The molecule has 7 rings (SSSR count). The first kappa shape index (κ1) is 20.3. The predicted octanol–water partition coefficient (Wildman–Crippen LogP) is 3.40. The van der Waals surface area contributed by atoms with Crippen LogP contribution < -0.4 is 9.64 Å². The van der Waals surface area contributed by atoms with Crippen LogP contribution in [-0.2, 0) is 19.9 Å². The Labute approximate surface area is 193 Å². The van der Waals surface area contributed by atoms with Gasteiger partial charge in [0.05, 0.1) is 11.6 Å². The third kappa shape index (κ3) is 2.34. The fraction of sp³-hybridized carbons (Fsp3) is 0.192. The number of hydrogen-bond acceptors (Lipinski definition) is 6. The molecule has 3 aromatic carbocycles. The number of imide groups is 1. The van der Waals surface area contributed by atoms with Crippen LogP contribution in [0.25, 0.3) is 0 Å². The number of ether oxygens (including phenoxy) is 1. The van der Waals surface area contributed by atoms with Crippen molar-refractivity contribution in [2.45, 2.75) is 18.4 Å². The van der Waals surface area contributed by atoms with Gasteiger partial charge in [0.25, 0.3) is 5.54 Å². The minimum Gasteiger partial charge on any atom is -0.427 e. The lowest BCUT2D eigenvalue weighted by atomic mass is 9.51. The van der Waals surface area contributed by atoms with Crippen LogP contribution in [0.4, 0.5) is 5.69 Å². The van der Waals surface area contributed by atoms with Crippen LogP contribution in [0, 0.1) is 22.0 Å². The monoisotopic (exact) mass is 454 g/mol. The minimum atomic E-state index is -1.86. The Kier molecular flexibility index (Phi) is 4.08. The molecule has 4 aliphatic rings. The molecule has 1 heterocycles. The van der Waals surface area contributed by atoms with E-state index < -0.39 is 46.0 Å². The summed E-state index contributed by atoms with van der Waals surface area (Å²) >= 11 is 0. The van der Waals surface area contributed by atoms with Crippen molar-refractivity contribution < 1.29 is 24.0 Å². The van der Waals surface area contributed by atoms with Gasteiger partial charge in [0, 0.05) is 28.9 Å². The SMILES string of the molecule is CC(=O)Oc1ccc(N2C(=O)[C@@H]3[C@@H](C2=O)C2c4ccccc4C3([N+](=O)[O-])c3ccccc32)cc1. The van der Waals surface area contributed by atoms with E-state index in [1.165, 1.54) is 31.2 Å². The third-order valence-corrected chi connectivity index (χ3v) is 7.22. The van der Waals surface area contributed by atoms with Crippen molar-refractivity contribution in [3.63, 3.8) is 0 Å². The highest BCUT2D eigenvalue weighted by Crippen LogP contribution is 2.64. The molecule has 8 heteroatoms. The van der Waals surface area contributed by atoms with Crippen molar-refractivity contribution >= 4 is 23.5 Å². The van der Waals surface area contributed by atoms with Crippen LogP contribution in [0.15, 0.2) is 72.8 Å². The van der Waals surface area contributed by atoms with Gasteiger partial charge in [-0.25, -0.2) is 4.90 Å². The first-order valence-corrected chi connectivity index (χ1v) is 10.9. The number of benzene rings is 3. The van der Waals surface area contributed by atoms with Crippen molar-refractivity contribution in [2.24, 2.45) is 11.8 Å². The number of carbonyl (C=O) groups is 3. The molecule has 0 spiro atoms. The highest BCUT2D eigenvalue weighted by Gasteiger charge is 2.74. The summed E-state index contributed by atoms with van der Waals surface area (Å²) in [4.78, 5) is 52.4. The van der Waals surface area contributed by atoms with Gasteiger partial charge >= 0.3 is 5.97 Å². The lowest BCUT2D eigenvalue weighted by Gasteiger charge is -2.48. The van der Waals surface area contributed by atoms with Crippen molar-refractivity contribution in [3.8, 4) is 5.75 Å². The number of anilines is 1. The van der Waals surface area contributed by atoms with Gasteiger partial charge in [-0.3, -0.25) is 24.5 Å². The molecule has 2 amide bonds. The van der Waals surface area contributed by atoms with Crippen LogP contribution >= 0.6 is 0 Å². The zero-order valence-corrected chi connectivity index (χ0v) is 18.0. The van der Waals surface area contributed by atoms with Crippen molar-refractivity contribution in [1.29, 1.82) is 0 Å². The second kappa shape index (κ2) is 6.84. The molecule has 0 radical (unpaired) electrons. The van der Waals surface area contributed by atoms with Gasteiger partial charge in [-0.1, -0.05) is 48.5 Å². The average molecular weight is 454 g/mol. The molecule has 2 atom stereocenters. The molecule has 1 fully saturated rings. The lowest BCUT2D eigenvalue weighted by molar-refractivity contribution is -0.578. The second-order valence-corrected chi connectivity index (χ2v) is 8.78. The molecule has 0 N–H and O–H groups in total. The van der Waals surface area contributed by atoms with E-state index in [2.05, 4.69) is 0 Å². The fourth-order valence-corrected chi connectivity index (χ4v) is 6.13. The first-order chi connectivity index (χ1) is 16.4. The highest BCUT2D eigenvalue weighted by atomic mass is 16.6. The highest BCUT2D eigenvalue weighted by molar-refractivity contribution is 6.23. The van der Waals surface area contributed by atoms with E-state index >= 15 is 0 Å². The van der Waals surface area contributed by atoms with E-state index in [0.717, 1.165) is 4.90 Å². The Morgan fingerprint density at radius 1 is 0.912 bits per heavy atom. The smallest absolute Gasteiger partial charge is 0.308 e. The fourth-order valence-electron chi connectivity index (χ4n) is 6.13. The van der Waals surface area contributed by atoms with Crippen molar-refractivity contribution in [3.05, 3.63) is 105 Å². The third-order valence-electron chi connectivity index (χ3n) is 7.22. The number of rotatable bonds is 3. The van der Waals surface area contributed by atoms with E-state index in [-0.39, 0.29) is 11.4 Å². The zero-order valence-electron chi connectivity index (χ0n) is 18.0. The van der Waals surface area contributed by atoms with Crippen molar-refractivity contribution in [2.75, 3.05) is 4.90 Å². The molecule has 3 aliphatic carbocycles. The summed E-state index contributed by atoms with van der Waals surface area (Å²) in [5.74, 6) is -3.80. The zero-order chi connectivity index (χ0) is 23.8. The Balaban J connectivity index is 1.56. The summed E-state index contributed by atoms with van der Waals surface area (Å²) in [6, 6.07) is 20.1. The number of amides is 2. The quantitative estimate of drug-likeness (QED) is 0.197. The van der Waals surface area contributed by atoms with Crippen LogP contribution in [0.5, 0.6) is 5.75 Å². The molecule has 1 saturated heterocycles. The second-order valence-electron chi connectivity index (χ2n) is 8.78. The topological polar surface area (TPSA) is 107 Å². The summed E-state index contributed by atoms with van der Waals surface area (Å²) in [6.45, 7) is 1.27. The van der Waals surface area contributed by atoms with Gasteiger partial charge in [-0.15, -0.1) is 0 Å². The van der Waals surface area contributed by atoms with E-state index in [4.69, 9.17) is 4.74 Å². The van der Waals surface area contributed by atoms with Gasteiger partial charge in [0.1, 0.15) is 11.7 Å². The number of hydrogen-bond donors (Lipinski definition) is 0. The van der Waals surface area contributed by atoms with E-state index in [1.807, 2.05) is 12.1 Å². The molecular formula is C26H18N2O6. The van der Waals surface area contributed by atoms with Gasteiger partial charge in [-0.05, 0) is 35.4 Å².